The van der Waals surface area contributed by atoms with Crippen LogP contribution in [0, 0.1) is 5.82 Å². The number of aromatic nitrogens is 4. The molecule has 1 unspecified atom stereocenters. The van der Waals surface area contributed by atoms with Gasteiger partial charge in [-0.2, -0.15) is 5.10 Å². The van der Waals surface area contributed by atoms with Gasteiger partial charge in [-0.1, -0.05) is 18.7 Å². The summed E-state index contributed by atoms with van der Waals surface area (Å²) < 4.78 is 15.8. The quantitative estimate of drug-likeness (QED) is 0.410. The normalized spacial score (nSPS) is 15.2. The molecule has 8 nitrogen and oxygen atoms in total. The number of hydrogen-bond acceptors (Lipinski definition) is 6. The van der Waals surface area contributed by atoms with E-state index < -0.39 is 5.82 Å². The van der Waals surface area contributed by atoms with E-state index >= 15 is 0 Å². The summed E-state index contributed by atoms with van der Waals surface area (Å²) in [7, 11) is 0. The summed E-state index contributed by atoms with van der Waals surface area (Å²) in [6.45, 7) is 3.52. The van der Waals surface area contributed by atoms with Crippen LogP contribution in [0.3, 0.4) is 0 Å². The van der Waals surface area contributed by atoms with Crippen molar-refractivity contribution in [1.82, 2.24) is 19.7 Å². The van der Waals surface area contributed by atoms with Crippen molar-refractivity contribution in [3.05, 3.63) is 72.3 Å². The molecule has 0 saturated heterocycles. The van der Waals surface area contributed by atoms with Gasteiger partial charge in [-0.05, 0) is 54.7 Å². The smallest absolute Gasteiger partial charge is 0.247 e. The standard InChI is InChI=1S/C24H21FN6O2/c1-2-20(33)29-18-7-3-6-17-16(18)5-4-8-19(17)31-24-21(23(26)27-12-28-24)22(30-31)13-9-14(25)11-15(32)10-13/h2-3,6-7,9-12,19,32H,1,4-5,8H2,(H,29,33)(H2,26,27,28). The second-order valence-corrected chi connectivity index (χ2v) is 7.92. The van der Waals surface area contributed by atoms with Gasteiger partial charge in [0.2, 0.25) is 5.91 Å². The van der Waals surface area contributed by atoms with E-state index in [2.05, 4.69) is 21.9 Å². The third-order valence-corrected chi connectivity index (χ3v) is 5.89. The number of carbonyl (C=O) groups excluding carboxylic acids is 1. The summed E-state index contributed by atoms with van der Waals surface area (Å²) in [5.41, 5.74) is 10.2. The molecule has 33 heavy (non-hydrogen) atoms. The lowest BCUT2D eigenvalue weighted by Crippen LogP contribution is -2.21. The Bertz CT molecular complexity index is 1390. The van der Waals surface area contributed by atoms with E-state index in [9.17, 15) is 14.3 Å². The highest BCUT2D eigenvalue weighted by molar-refractivity contribution is 6.00. The third-order valence-electron chi connectivity index (χ3n) is 5.89. The summed E-state index contributed by atoms with van der Waals surface area (Å²) >= 11 is 0. The van der Waals surface area contributed by atoms with E-state index in [0.717, 1.165) is 42.1 Å². The summed E-state index contributed by atoms with van der Waals surface area (Å²) in [5.74, 6) is -0.862. The number of phenols is 1. The Kier molecular flexibility index (Phi) is 5.01. The highest BCUT2D eigenvalue weighted by Gasteiger charge is 2.28. The van der Waals surface area contributed by atoms with Crippen LogP contribution in [0.4, 0.5) is 15.9 Å². The number of nitrogens with one attached hydrogen (secondary N) is 1. The van der Waals surface area contributed by atoms with Crippen molar-refractivity contribution in [3.63, 3.8) is 0 Å². The summed E-state index contributed by atoms with van der Waals surface area (Å²) in [4.78, 5) is 20.5. The van der Waals surface area contributed by atoms with E-state index in [4.69, 9.17) is 10.8 Å². The summed E-state index contributed by atoms with van der Waals surface area (Å²) in [6, 6.07) is 9.33. The lowest BCUT2D eigenvalue weighted by molar-refractivity contribution is -0.111. The van der Waals surface area contributed by atoms with Gasteiger partial charge in [-0.25, -0.2) is 19.0 Å². The Morgan fingerprint density at radius 3 is 2.94 bits per heavy atom. The monoisotopic (exact) mass is 444 g/mol. The molecule has 1 atom stereocenters. The molecule has 4 N–H and O–H groups in total. The highest BCUT2D eigenvalue weighted by Crippen LogP contribution is 2.40. The van der Waals surface area contributed by atoms with Gasteiger partial charge in [0, 0.05) is 17.3 Å². The van der Waals surface area contributed by atoms with Crippen LogP contribution in [0.1, 0.15) is 30.0 Å². The average Bonchev–Trinajstić information content (AvgIpc) is 3.19. The fraction of sp³-hybridized carbons (Fsp3) is 0.167. The fourth-order valence-corrected chi connectivity index (χ4v) is 4.50. The number of amides is 1. The van der Waals surface area contributed by atoms with Gasteiger partial charge in [0.1, 0.15) is 29.4 Å². The molecular weight excluding hydrogens is 423 g/mol. The number of phenolic OH excluding ortho intramolecular Hbond substituents is 1. The number of nitrogens with zero attached hydrogens (tertiary/aromatic N) is 4. The first-order valence-corrected chi connectivity index (χ1v) is 10.5. The zero-order valence-electron chi connectivity index (χ0n) is 17.6. The zero-order valence-corrected chi connectivity index (χ0v) is 17.6. The van der Waals surface area contributed by atoms with Crippen molar-refractivity contribution in [2.45, 2.75) is 25.3 Å². The van der Waals surface area contributed by atoms with E-state index in [1.807, 2.05) is 18.2 Å². The molecule has 0 fully saturated rings. The maximum absolute atomic E-state index is 14.1. The molecule has 9 heteroatoms. The van der Waals surface area contributed by atoms with E-state index in [0.29, 0.717) is 22.3 Å². The Hall–Kier alpha value is -4.27. The van der Waals surface area contributed by atoms with Crippen molar-refractivity contribution in [2.75, 3.05) is 11.1 Å². The zero-order chi connectivity index (χ0) is 23.1. The van der Waals surface area contributed by atoms with E-state index in [1.165, 1.54) is 24.5 Å². The van der Waals surface area contributed by atoms with Gasteiger partial charge in [0.05, 0.1) is 11.4 Å². The van der Waals surface area contributed by atoms with Crippen molar-refractivity contribution in [2.24, 2.45) is 0 Å². The van der Waals surface area contributed by atoms with Crippen LogP contribution >= 0.6 is 0 Å². The molecular formula is C24H21FN6O2. The molecule has 2 heterocycles. The first kappa shape index (κ1) is 20.6. The number of benzene rings is 2. The molecule has 4 aromatic rings. The number of fused-ring (bicyclic) bond motifs is 2. The van der Waals surface area contributed by atoms with E-state index in [-0.39, 0.29) is 23.5 Å². The maximum Gasteiger partial charge on any atom is 0.247 e. The molecule has 0 spiro atoms. The number of halogens is 1. The van der Waals surface area contributed by atoms with E-state index in [1.54, 1.807) is 4.68 Å². The van der Waals surface area contributed by atoms with Gasteiger partial charge < -0.3 is 16.2 Å². The van der Waals surface area contributed by atoms with Gasteiger partial charge in [0.15, 0.2) is 5.65 Å². The second kappa shape index (κ2) is 8.01. The molecule has 166 valence electrons. The summed E-state index contributed by atoms with van der Waals surface area (Å²) in [5, 5.41) is 18.1. The lowest BCUT2D eigenvalue weighted by Gasteiger charge is -2.28. The fourth-order valence-electron chi connectivity index (χ4n) is 4.50. The van der Waals surface area contributed by atoms with Crippen LogP contribution in [-0.2, 0) is 11.2 Å². The largest absolute Gasteiger partial charge is 0.508 e. The topological polar surface area (TPSA) is 119 Å². The SMILES string of the molecule is C=CC(=O)Nc1cccc2c1CCCC2n1nc(-c2cc(O)cc(F)c2)c2c(N)ncnc21. The predicted octanol–water partition coefficient (Wildman–Crippen LogP) is 3.97. The second-order valence-electron chi connectivity index (χ2n) is 7.92. The number of hydrogen-bond donors (Lipinski definition) is 3. The molecule has 1 amide bonds. The molecule has 0 radical (unpaired) electrons. The molecule has 2 aromatic carbocycles. The van der Waals surface area contributed by atoms with Gasteiger partial charge in [0.25, 0.3) is 0 Å². The van der Waals surface area contributed by atoms with Crippen molar-refractivity contribution < 1.29 is 14.3 Å². The first-order chi connectivity index (χ1) is 16.0. The lowest BCUT2D eigenvalue weighted by atomic mass is 9.86. The van der Waals surface area contributed by atoms with Crippen LogP contribution in [0.25, 0.3) is 22.3 Å². The minimum absolute atomic E-state index is 0.179. The Morgan fingerprint density at radius 1 is 1.30 bits per heavy atom. The minimum atomic E-state index is -0.589. The summed E-state index contributed by atoms with van der Waals surface area (Å²) in [6.07, 6.45) is 5.08. The van der Waals surface area contributed by atoms with Gasteiger partial charge >= 0.3 is 0 Å². The Labute approximate surface area is 188 Å². The maximum atomic E-state index is 14.1. The number of carbonyl (C=O) groups is 1. The highest BCUT2D eigenvalue weighted by atomic mass is 19.1. The third kappa shape index (κ3) is 3.57. The predicted molar refractivity (Wildman–Crippen MR) is 123 cm³/mol. The van der Waals surface area contributed by atoms with Crippen LogP contribution in [0.2, 0.25) is 0 Å². The molecule has 2 aromatic heterocycles. The van der Waals surface area contributed by atoms with Crippen LogP contribution < -0.4 is 11.1 Å². The molecule has 0 bridgehead atoms. The van der Waals surface area contributed by atoms with Crippen LogP contribution in [-0.4, -0.2) is 30.8 Å². The first-order valence-electron chi connectivity index (χ1n) is 10.5. The number of rotatable bonds is 4. The molecule has 1 aliphatic rings. The van der Waals surface area contributed by atoms with Crippen LogP contribution in [0.5, 0.6) is 5.75 Å². The molecule has 0 aliphatic heterocycles. The molecule has 0 saturated carbocycles. The number of aromatic hydroxyl groups is 1. The number of nitrogen functional groups attached to an aromatic ring is 1. The Morgan fingerprint density at radius 2 is 2.15 bits per heavy atom. The van der Waals surface area contributed by atoms with Crippen molar-refractivity contribution in [1.29, 1.82) is 0 Å². The Balaban J connectivity index is 1.70. The number of anilines is 2. The van der Waals surface area contributed by atoms with Crippen LogP contribution in [0.15, 0.2) is 55.4 Å². The van der Waals surface area contributed by atoms with Gasteiger partial charge in [-0.15, -0.1) is 0 Å². The average molecular weight is 444 g/mol. The van der Waals surface area contributed by atoms with Crippen molar-refractivity contribution >= 4 is 28.4 Å². The number of nitrogens with two attached hydrogens (primary N) is 1. The van der Waals surface area contributed by atoms with Crippen molar-refractivity contribution in [3.8, 4) is 17.0 Å². The molecule has 5 rings (SSSR count). The minimum Gasteiger partial charge on any atom is -0.508 e. The van der Waals surface area contributed by atoms with Gasteiger partial charge in [-0.3, -0.25) is 4.79 Å². The molecule has 1 aliphatic carbocycles.